The van der Waals surface area contributed by atoms with Crippen LogP contribution in [0.4, 0.5) is 4.79 Å². The summed E-state index contributed by atoms with van der Waals surface area (Å²) < 4.78 is 0. The van der Waals surface area contributed by atoms with Crippen LogP contribution in [0.2, 0.25) is 0 Å². The molecule has 0 radical (unpaired) electrons. The fraction of sp³-hybridized carbons (Fsp3) is 0.800. The van der Waals surface area contributed by atoms with E-state index in [1.54, 1.807) is 6.92 Å². The van der Waals surface area contributed by atoms with E-state index in [0.717, 1.165) is 0 Å². The Labute approximate surface area is 105 Å². The van der Waals surface area contributed by atoms with E-state index in [2.05, 4.69) is 5.32 Å². The fourth-order valence-corrected chi connectivity index (χ4v) is 1.73. The highest BCUT2D eigenvalue weighted by molar-refractivity contribution is 7.98. The number of carbonyl (C=O) groups excluding carboxylic acids is 1. The molecule has 0 rings (SSSR count). The molecule has 0 aliphatic carbocycles. The van der Waals surface area contributed by atoms with Gasteiger partial charge in [-0.1, -0.05) is 0 Å². The van der Waals surface area contributed by atoms with Gasteiger partial charge in [-0.25, -0.2) is 9.59 Å². The van der Waals surface area contributed by atoms with Crippen molar-refractivity contribution < 1.29 is 19.8 Å². The van der Waals surface area contributed by atoms with Gasteiger partial charge in [0.1, 0.15) is 6.04 Å². The molecule has 0 bridgehead atoms. The molecule has 0 saturated heterocycles. The smallest absolute Gasteiger partial charge is 0.326 e. The Morgan fingerprint density at radius 1 is 1.47 bits per heavy atom. The number of urea groups is 1. The molecule has 1 atom stereocenters. The molecule has 0 spiro atoms. The van der Waals surface area contributed by atoms with Crippen LogP contribution >= 0.6 is 11.8 Å². The second-order valence-electron chi connectivity index (χ2n) is 3.43. The summed E-state index contributed by atoms with van der Waals surface area (Å²) in [6.07, 6.45) is 2.27. The number of nitrogens with zero attached hydrogens (tertiary/aromatic N) is 1. The molecule has 0 fully saturated rings. The molecular weight excluding hydrogens is 244 g/mol. The maximum Gasteiger partial charge on any atom is 0.326 e. The molecule has 0 aromatic heterocycles. The maximum atomic E-state index is 11.7. The van der Waals surface area contributed by atoms with E-state index in [9.17, 15) is 9.59 Å². The van der Waals surface area contributed by atoms with Gasteiger partial charge in [-0.15, -0.1) is 0 Å². The molecule has 7 heteroatoms. The lowest BCUT2D eigenvalue weighted by Crippen LogP contribution is -2.48. The van der Waals surface area contributed by atoms with Crippen molar-refractivity contribution in [3.05, 3.63) is 0 Å². The molecule has 0 saturated carbocycles. The summed E-state index contributed by atoms with van der Waals surface area (Å²) >= 11 is 1.53. The van der Waals surface area contributed by atoms with Crippen LogP contribution in [0.1, 0.15) is 13.3 Å². The number of aliphatic hydroxyl groups is 1. The van der Waals surface area contributed by atoms with Gasteiger partial charge in [-0.3, -0.25) is 0 Å². The lowest BCUT2D eigenvalue weighted by molar-refractivity contribution is -0.139. The summed E-state index contributed by atoms with van der Waals surface area (Å²) in [5.74, 6) is -0.365. The first-order valence-electron chi connectivity index (χ1n) is 5.44. The summed E-state index contributed by atoms with van der Waals surface area (Å²) in [5.41, 5.74) is 0. The molecule has 0 aliphatic heterocycles. The third-order valence-corrected chi connectivity index (χ3v) is 2.89. The van der Waals surface area contributed by atoms with Crippen molar-refractivity contribution in [1.82, 2.24) is 10.2 Å². The van der Waals surface area contributed by atoms with Gasteiger partial charge in [0.25, 0.3) is 0 Å². The Morgan fingerprint density at radius 2 is 2.12 bits per heavy atom. The second-order valence-corrected chi connectivity index (χ2v) is 4.41. The van der Waals surface area contributed by atoms with Gasteiger partial charge in [0.2, 0.25) is 0 Å². The molecule has 0 heterocycles. The minimum atomic E-state index is -1.03. The Bertz CT molecular complexity index is 250. The number of aliphatic hydroxyl groups excluding tert-OH is 1. The van der Waals surface area contributed by atoms with Crippen molar-refractivity contribution in [2.75, 3.05) is 31.7 Å². The molecule has 3 N–H and O–H groups in total. The minimum Gasteiger partial charge on any atom is -0.480 e. The summed E-state index contributed by atoms with van der Waals surface area (Å²) in [6, 6.07) is -1.32. The van der Waals surface area contributed by atoms with Gasteiger partial charge in [-0.05, 0) is 25.4 Å². The zero-order chi connectivity index (χ0) is 13.3. The number of hydrogen-bond donors (Lipinski definition) is 3. The fourth-order valence-electron chi connectivity index (χ4n) is 1.26. The van der Waals surface area contributed by atoms with Gasteiger partial charge < -0.3 is 20.4 Å². The molecule has 0 unspecified atom stereocenters. The van der Waals surface area contributed by atoms with Gasteiger partial charge in [0.05, 0.1) is 6.61 Å². The van der Waals surface area contributed by atoms with Crippen molar-refractivity contribution in [1.29, 1.82) is 0 Å². The molecule has 100 valence electrons. The Kier molecular flexibility index (Phi) is 8.61. The van der Waals surface area contributed by atoms with E-state index >= 15 is 0 Å². The number of aliphatic carboxylic acids is 1. The van der Waals surface area contributed by atoms with Gasteiger partial charge in [0, 0.05) is 13.1 Å². The van der Waals surface area contributed by atoms with E-state index in [1.165, 1.54) is 16.7 Å². The van der Waals surface area contributed by atoms with Crippen molar-refractivity contribution in [2.24, 2.45) is 0 Å². The quantitative estimate of drug-likeness (QED) is 0.583. The summed E-state index contributed by atoms with van der Waals surface area (Å²) in [7, 11) is 0. The molecule has 2 amide bonds. The highest BCUT2D eigenvalue weighted by Gasteiger charge is 2.21. The lowest BCUT2D eigenvalue weighted by atomic mass is 10.2. The number of hydrogen-bond acceptors (Lipinski definition) is 4. The number of carbonyl (C=O) groups is 2. The van der Waals surface area contributed by atoms with E-state index in [-0.39, 0.29) is 13.2 Å². The van der Waals surface area contributed by atoms with Crippen molar-refractivity contribution in [3.8, 4) is 0 Å². The van der Waals surface area contributed by atoms with Crippen molar-refractivity contribution >= 4 is 23.8 Å². The molecule has 6 nitrogen and oxygen atoms in total. The van der Waals surface area contributed by atoms with E-state index in [4.69, 9.17) is 10.2 Å². The zero-order valence-electron chi connectivity index (χ0n) is 10.2. The third kappa shape index (κ3) is 6.38. The first kappa shape index (κ1) is 16.1. The largest absolute Gasteiger partial charge is 0.480 e. The number of rotatable bonds is 8. The summed E-state index contributed by atoms with van der Waals surface area (Å²) in [4.78, 5) is 24.0. The second kappa shape index (κ2) is 9.12. The topological polar surface area (TPSA) is 89.9 Å². The predicted octanol–water partition coefficient (Wildman–Crippen LogP) is 0.216. The van der Waals surface area contributed by atoms with Crippen LogP contribution in [0, 0.1) is 0 Å². The maximum absolute atomic E-state index is 11.7. The lowest BCUT2D eigenvalue weighted by Gasteiger charge is -2.23. The average Bonchev–Trinajstić information content (AvgIpc) is 2.30. The standard InChI is InChI=1S/C10H20N2O4S/c1-3-12(5-6-13)10(16)11-8(9(14)15)4-7-17-2/h8,13H,3-7H2,1-2H3,(H,11,16)(H,14,15)/t8-/m1/s1. The number of likely N-dealkylation sites (N-methyl/N-ethyl adjacent to an activating group) is 1. The van der Waals surface area contributed by atoms with Crippen LogP contribution in [0.3, 0.4) is 0 Å². The average molecular weight is 264 g/mol. The summed E-state index contributed by atoms with van der Waals surface area (Å²) in [5, 5.41) is 20.2. The highest BCUT2D eigenvalue weighted by Crippen LogP contribution is 2.02. The predicted molar refractivity (Wildman–Crippen MR) is 67.3 cm³/mol. The normalized spacial score (nSPS) is 11.9. The zero-order valence-corrected chi connectivity index (χ0v) is 11.0. The Morgan fingerprint density at radius 3 is 2.53 bits per heavy atom. The van der Waals surface area contributed by atoms with Crippen molar-refractivity contribution in [2.45, 2.75) is 19.4 Å². The van der Waals surface area contributed by atoms with E-state index < -0.39 is 18.0 Å². The molecule has 0 aromatic carbocycles. The highest BCUT2D eigenvalue weighted by atomic mass is 32.2. The number of amides is 2. The van der Waals surface area contributed by atoms with Crippen LogP contribution in [-0.2, 0) is 4.79 Å². The van der Waals surface area contributed by atoms with Crippen LogP contribution in [0.25, 0.3) is 0 Å². The van der Waals surface area contributed by atoms with Crippen LogP contribution in [0.15, 0.2) is 0 Å². The first-order chi connectivity index (χ1) is 8.06. The van der Waals surface area contributed by atoms with E-state index in [1.807, 2.05) is 6.26 Å². The van der Waals surface area contributed by atoms with E-state index in [0.29, 0.717) is 18.7 Å². The number of carboxylic acid groups (broad SMARTS) is 1. The van der Waals surface area contributed by atoms with Gasteiger partial charge in [0.15, 0.2) is 0 Å². The van der Waals surface area contributed by atoms with Crippen LogP contribution < -0.4 is 5.32 Å². The van der Waals surface area contributed by atoms with Crippen LogP contribution in [-0.4, -0.2) is 64.9 Å². The molecule has 17 heavy (non-hydrogen) atoms. The number of nitrogens with one attached hydrogen (secondary N) is 1. The van der Waals surface area contributed by atoms with Crippen LogP contribution in [0.5, 0.6) is 0 Å². The monoisotopic (exact) mass is 264 g/mol. The van der Waals surface area contributed by atoms with Gasteiger partial charge >= 0.3 is 12.0 Å². The Balaban J connectivity index is 4.32. The number of carboxylic acids is 1. The number of thioether (sulfide) groups is 1. The first-order valence-corrected chi connectivity index (χ1v) is 6.84. The SMILES string of the molecule is CCN(CCO)C(=O)N[C@H](CCSC)C(=O)O. The molecule has 0 aromatic rings. The minimum absolute atomic E-state index is 0.135. The summed E-state index contributed by atoms with van der Waals surface area (Å²) in [6.45, 7) is 2.27. The van der Waals surface area contributed by atoms with Crippen molar-refractivity contribution in [3.63, 3.8) is 0 Å². The molecular formula is C10H20N2O4S. The third-order valence-electron chi connectivity index (χ3n) is 2.25. The Hall–Kier alpha value is -0.950. The molecule has 0 aliphatic rings. The van der Waals surface area contributed by atoms with Gasteiger partial charge in [-0.2, -0.15) is 11.8 Å².